The van der Waals surface area contributed by atoms with E-state index in [0.717, 1.165) is 0 Å². The largest absolute Gasteiger partial charge is 0.475 e. The number of hydrogen-bond acceptors (Lipinski definition) is 9. The average Bonchev–Trinajstić information content (AvgIpc) is 2.81. The van der Waals surface area contributed by atoms with E-state index in [1.807, 2.05) is 0 Å². The molecule has 11 nitrogen and oxygen atoms in total. The van der Waals surface area contributed by atoms with E-state index >= 15 is 0 Å². The molecular formula is C23H16O11. The van der Waals surface area contributed by atoms with Gasteiger partial charge < -0.3 is 34.4 Å². The summed E-state index contributed by atoms with van der Waals surface area (Å²) in [5.41, 5.74) is -5.36. The molecule has 0 aliphatic carbocycles. The third-order valence-corrected chi connectivity index (χ3v) is 5.41. The fraction of sp³-hybridized carbons (Fsp3) is 0.130. The quantitative estimate of drug-likeness (QED) is 0.269. The first kappa shape index (κ1) is 22.9. The molecule has 0 saturated carbocycles. The lowest BCUT2D eigenvalue weighted by molar-refractivity contribution is -0.0712. The van der Waals surface area contributed by atoms with E-state index < -0.39 is 52.6 Å². The van der Waals surface area contributed by atoms with Crippen LogP contribution in [-0.2, 0) is 5.60 Å². The summed E-state index contributed by atoms with van der Waals surface area (Å²) in [7, 11) is 0. The lowest BCUT2D eigenvalue weighted by Gasteiger charge is -2.34. The highest BCUT2D eigenvalue weighted by Gasteiger charge is 2.43. The predicted molar refractivity (Wildman–Crippen MR) is 115 cm³/mol. The molecule has 0 radical (unpaired) electrons. The summed E-state index contributed by atoms with van der Waals surface area (Å²) in [5.74, 6) is -4.33. The predicted octanol–water partition coefficient (Wildman–Crippen LogP) is 0.885. The maximum atomic E-state index is 12.8. The summed E-state index contributed by atoms with van der Waals surface area (Å²) >= 11 is 0. The van der Waals surface area contributed by atoms with Gasteiger partial charge in [-0.25, -0.2) is 9.59 Å². The van der Waals surface area contributed by atoms with Gasteiger partial charge in [0, 0.05) is 23.3 Å². The van der Waals surface area contributed by atoms with E-state index in [1.54, 1.807) is 0 Å². The highest BCUT2D eigenvalue weighted by Crippen LogP contribution is 2.39. The minimum atomic E-state index is -2.60. The number of benzene rings is 2. The summed E-state index contributed by atoms with van der Waals surface area (Å²) in [6, 6.07) is 9.04. The van der Waals surface area contributed by atoms with Crippen LogP contribution in [0.5, 0.6) is 0 Å². The monoisotopic (exact) mass is 468 g/mol. The molecule has 34 heavy (non-hydrogen) atoms. The van der Waals surface area contributed by atoms with Crippen molar-refractivity contribution in [3.05, 3.63) is 91.6 Å². The van der Waals surface area contributed by atoms with Gasteiger partial charge in [-0.1, -0.05) is 24.3 Å². The van der Waals surface area contributed by atoms with E-state index in [-0.39, 0.29) is 33.1 Å². The first-order valence-corrected chi connectivity index (χ1v) is 9.72. The molecule has 0 spiro atoms. The first-order valence-electron chi connectivity index (χ1n) is 9.72. The summed E-state index contributed by atoms with van der Waals surface area (Å²) < 4.78 is 10.5. The maximum Gasteiger partial charge on any atom is 0.371 e. The lowest BCUT2D eigenvalue weighted by atomic mass is 9.78. The van der Waals surface area contributed by atoms with Gasteiger partial charge in [-0.3, -0.25) is 9.59 Å². The van der Waals surface area contributed by atoms with Crippen LogP contribution in [0, 0.1) is 0 Å². The maximum absolute atomic E-state index is 12.8. The Balaban J connectivity index is 2.14. The van der Waals surface area contributed by atoms with Gasteiger partial charge in [0.15, 0.2) is 10.9 Å². The Hall–Kier alpha value is -4.32. The van der Waals surface area contributed by atoms with Gasteiger partial charge in [0.05, 0.1) is 17.4 Å². The lowest BCUT2D eigenvalue weighted by Crippen LogP contribution is -2.44. The molecule has 2 aromatic carbocycles. The smallest absolute Gasteiger partial charge is 0.371 e. The van der Waals surface area contributed by atoms with Crippen molar-refractivity contribution in [3.63, 3.8) is 0 Å². The minimum absolute atomic E-state index is 0.230. The summed E-state index contributed by atoms with van der Waals surface area (Å²) in [5, 5.41) is 50.0. The van der Waals surface area contributed by atoms with Crippen molar-refractivity contribution < 1.29 is 44.0 Å². The Morgan fingerprint density at radius 3 is 1.59 bits per heavy atom. The summed E-state index contributed by atoms with van der Waals surface area (Å²) in [4.78, 5) is 48.2. The standard InChI is InChI=1S/C23H16O11/c24-9-18(27)23(32,10-3-1-5-14-19(10)12(25)7-16(33-14)21(28)29)11-4-2-6-15-20(11)13(26)8-17(34-15)22(30)31/h1-8,18,24,27,32H,9H2,(H,28,29)(H,30,31). The van der Waals surface area contributed by atoms with Gasteiger partial charge in [-0.05, 0) is 12.1 Å². The third-order valence-electron chi connectivity index (χ3n) is 5.41. The fourth-order valence-electron chi connectivity index (χ4n) is 3.90. The fourth-order valence-corrected chi connectivity index (χ4v) is 3.90. The molecule has 0 aliphatic heterocycles. The van der Waals surface area contributed by atoms with Crippen LogP contribution in [0.15, 0.2) is 67.0 Å². The van der Waals surface area contributed by atoms with Crippen LogP contribution in [0.2, 0.25) is 0 Å². The molecule has 11 heteroatoms. The zero-order chi connectivity index (χ0) is 24.8. The van der Waals surface area contributed by atoms with Crippen LogP contribution in [-0.4, -0.2) is 50.2 Å². The SMILES string of the molecule is O=C(O)c1cc(=O)c2c(C(O)(c3cccc4oc(C(=O)O)cc(=O)c34)C(O)CO)cccc2o1. The zero-order valence-electron chi connectivity index (χ0n) is 17.1. The Labute approximate surface area is 188 Å². The van der Waals surface area contributed by atoms with Crippen molar-refractivity contribution in [1.29, 1.82) is 0 Å². The molecule has 4 aromatic rings. The summed E-state index contributed by atoms with van der Waals surface area (Å²) in [6.45, 7) is -1.01. The normalized spacial score (nSPS) is 12.7. The second kappa shape index (κ2) is 8.23. The number of carboxylic acids is 2. The van der Waals surface area contributed by atoms with Crippen LogP contribution in [0.1, 0.15) is 32.2 Å². The van der Waals surface area contributed by atoms with Crippen LogP contribution in [0.25, 0.3) is 21.9 Å². The van der Waals surface area contributed by atoms with E-state index in [9.17, 15) is 44.7 Å². The number of aliphatic hydroxyl groups excluding tert-OH is 2. The molecule has 0 saturated heterocycles. The molecule has 2 aromatic heterocycles. The van der Waals surface area contributed by atoms with Crippen molar-refractivity contribution in [2.45, 2.75) is 11.7 Å². The Morgan fingerprint density at radius 2 is 1.24 bits per heavy atom. The van der Waals surface area contributed by atoms with E-state index in [2.05, 4.69) is 0 Å². The number of carbonyl (C=O) groups is 2. The Morgan fingerprint density at radius 1 is 0.824 bits per heavy atom. The minimum Gasteiger partial charge on any atom is -0.475 e. The van der Waals surface area contributed by atoms with Crippen LogP contribution in [0.3, 0.4) is 0 Å². The Kier molecular flexibility index (Phi) is 5.53. The summed E-state index contributed by atoms with van der Waals surface area (Å²) in [6.07, 6.45) is -1.99. The van der Waals surface area contributed by atoms with Crippen LogP contribution >= 0.6 is 0 Å². The van der Waals surface area contributed by atoms with Crippen LogP contribution in [0.4, 0.5) is 0 Å². The van der Waals surface area contributed by atoms with Crippen molar-refractivity contribution in [2.24, 2.45) is 0 Å². The highest BCUT2D eigenvalue weighted by molar-refractivity contribution is 5.91. The molecule has 1 atom stereocenters. The van der Waals surface area contributed by atoms with Gasteiger partial charge in [-0.2, -0.15) is 0 Å². The first-order chi connectivity index (χ1) is 16.1. The van der Waals surface area contributed by atoms with Crippen molar-refractivity contribution in [3.8, 4) is 0 Å². The van der Waals surface area contributed by atoms with Crippen LogP contribution < -0.4 is 10.9 Å². The van der Waals surface area contributed by atoms with E-state index in [1.165, 1.54) is 36.4 Å². The van der Waals surface area contributed by atoms with Crippen molar-refractivity contribution >= 4 is 33.9 Å². The van der Waals surface area contributed by atoms with Gasteiger partial charge in [0.25, 0.3) is 0 Å². The number of carboxylic acid groups (broad SMARTS) is 2. The second-order valence-electron chi connectivity index (χ2n) is 7.38. The van der Waals surface area contributed by atoms with Gasteiger partial charge >= 0.3 is 11.9 Å². The van der Waals surface area contributed by atoms with Gasteiger partial charge in [-0.15, -0.1) is 0 Å². The molecule has 2 heterocycles. The highest BCUT2D eigenvalue weighted by atomic mass is 16.4. The zero-order valence-corrected chi connectivity index (χ0v) is 17.1. The second-order valence-corrected chi connectivity index (χ2v) is 7.38. The van der Waals surface area contributed by atoms with Gasteiger partial charge in [0.2, 0.25) is 11.5 Å². The number of aromatic carboxylic acids is 2. The van der Waals surface area contributed by atoms with Gasteiger partial charge in [0.1, 0.15) is 22.9 Å². The third kappa shape index (κ3) is 3.44. The molecule has 0 amide bonds. The van der Waals surface area contributed by atoms with E-state index in [0.29, 0.717) is 12.1 Å². The molecule has 5 N–H and O–H groups in total. The number of aliphatic hydroxyl groups is 3. The molecular weight excluding hydrogens is 452 g/mol. The molecule has 4 rings (SSSR count). The topological polar surface area (TPSA) is 196 Å². The molecule has 0 aliphatic rings. The molecule has 0 bridgehead atoms. The molecule has 0 fully saturated rings. The Bertz CT molecular complexity index is 1470. The number of hydrogen-bond donors (Lipinski definition) is 5. The van der Waals surface area contributed by atoms with E-state index in [4.69, 9.17) is 8.83 Å². The number of fused-ring (bicyclic) bond motifs is 2. The average molecular weight is 468 g/mol. The number of rotatable bonds is 6. The molecule has 174 valence electrons. The molecule has 1 unspecified atom stereocenters. The van der Waals surface area contributed by atoms with Crippen molar-refractivity contribution in [2.75, 3.05) is 6.61 Å². The van der Waals surface area contributed by atoms with Crippen molar-refractivity contribution in [1.82, 2.24) is 0 Å².